The van der Waals surface area contributed by atoms with Crippen LogP contribution in [0.5, 0.6) is 0 Å². The molecule has 0 saturated heterocycles. The molecule has 1 unspecified atom stereocenters. The van der Waals surface area contributed by atoms with Crippen LogP contribution in [0.25, 0.3) is 0 Å². The van der Waals surface area contributed by atoms with Crippen LogP contribution in [-0.2, 0) is 10.2 Å². The molecule has 0 aromatic heterocycles. The van der Waals surface area contributed by atoms with Crippen molar-refractivity contribution >= 4 is 5.91 Å². The number of rotatable bonds is 5. The quantitative estimate of drug-likeness (QED) is 0.852. The van der Waals surface area contributed by atoms with Crippen LogP contribution in [0.1, 0.15) is 36.7 Å². The number of benzene rings is 1. The Hall–Kier alpha value is -1.39. The molecule has 0 bridgehead atoms. The Bertz CT molecular complexity index is 406. The van der Waals surface area contributed by atoms with Gasteiger partial charge in [0.2, 0.25) is 0 Å². The molecular weight excluding hydrogens is 242 g/mol. The van der Waals surface area contributed by atoms with Gasteiger partial charge in [-0.2, -0.15) is 0 Å². The van der Waals surface area contributed by atoms with Gasteiger partial charge in [0.1, 0.15) is 0 Å². The first-order valence-electron chi connectivity index (χ1n) is 6.40. The third kappa shape index (κ3) is 5.01. The average Bonchev–Trinajstić information content (AvgIpc) is 2.35. The van der Waals surface area contributed by atoms with Crippen molar-refractivity contribution in [2.24, 2.45) is 0 Å². The second-order valence-corrected chi connectivity index (χ2v) is 5.65. The van der Waals surface area contributed by atoms with Gasteiger partial charge < -0.3 is 15.2 Å². The number of hydrogen-bond donors (Lipinski definition) is 2. The second-order valence-electron chi connectivity index (χ2n) is 5.65. The van der Waals surface area contributed by atoms with E-state index in [4.69, 9.17) is 4.74 Å². The molecule has 0 spiro atoms. The summed E-state index contributed by atoms with van der Waals surface area (Å²) in [7, 11) is 1.51. The zero-order chi connectivity index (χ0) is 14.5. The van der Waals surface area contributed by atoms with Crippen molar-refractivity contribution in [1.29, 1.82) is 0 Å². The van der Waals surface area contributed by atoms with E-state index in [9.17, 15) is 9.90 Å². The highest BCUT2D eigenvalue weighted by Gasteiger charge is 2.14. The van der Waals surface area contributed by atoms with Gasteiger partial charge in [0, 0.05) is 19.2 Å². The van der Waals surface area contributed by atoms with Gasteiger partial charge in [0.05, 0.1) is 12.7 Å². The maximum atomic E-state index is 11.9. The molecule has 106 valence electrons. The highest BCUT2D eigenvalue weighted by atomic mass is 16.5. The van der Waals surface area contributed by atoms with Gasteiger partial charge in [-0.3, -0.25) is 4.79 Å². The predicted octanol–water partition coefficient (Wildman–Crippen LogP) is 1.72. The van der Waals surface area contributed by atoms with Crippen molar-refractivity contribution in [2.75, 3.05) is 20.3 Å². The van der Waals surface area contributed by atoms with E-state index in [0.717, 1.165) is 0 Å². The lowest BCUT2D eigenvalue weighted by atomic mass is 9.87. The fourth-order valence-electron chi connectivity index (χ4n) is 1.69. The lowest BCUT2D eigenvalue weighted by Crippen LogP contribution is -2.34. The average molecular weight is 265 g/mol. The first-order chi connectivity index (χ1) is 8.84. The molecule has 0 aliphatic carbocycles. The van der Waals surface area contributed by atoms with Crippen molar-refractivity contribution in [3.8, 4) is 0 Å². The smallest absolute Gasteiger partial charge is 0.251 e. The van der Waals surface area contributed by atoms with Gasteiger partial charge in [-0.1, -0.05) is 32.9 Å². The minimum Gasteiger partial charge on any atom is -0.389 e. The molecule has 1 aromatic rings. The van der Waals surface area contributed by atoms with E-state index >= 15 is 0 Å². The minimum absolute atomic E-state index is 0.0731. The molecule has 2 N–H and O–H groups in total. The molecule has 0 aliphatic heterocycles. The number of methoxy groups -OCH3 is 1. The maximum absolute atomic E-state index is 11.9. The summed E-state index contributed by atoms with van der Waals surface area (Å²) in [5.41, 5.74) is 1.85. The number of nitrogens with one attached hydrogen (secondary N) is 1. The Morgan fingerprint density at radius 1 is 1.32 bits per heavy atom. The maximum Gasteiger partial charge on any atom is 0.251 e. The molecule has 0 aliphatic rings. The molecule has 0 saturated carbocycles. The summed E-state index contributed by atoms with van der Waals surface area (Å²) < 4.78 is 4.79. The van der Waals surface area contributed by atoms with E-state index in [1.807, 2.05) is 12.1 Å². The van der Waals surface area contributed by atoms with Gasteiger partial charge in [-0.05, 0) is 23.1 Å². The molecule has 0 heterocycles. The third-order valence-corrected chi connectivity index (χ3v) is 2.87. The van der Waals surface area contributed by atoms with Gasteiger partial charge >= 0.3 is 0 Å². The Morgan fingerprint density at radius 3 is 2.37 bits per heavy atom. The number of carbonyl (C=O) groups is 1. The van der Waals surface area contributed by atoms with Gasteiger partial charge in [-0.15, -0.1) is 0 Å². The summed E-state index contributed by atoms with van der Waals surface area (Å²) in [6, 6.07) is 7.53. The standard InChI is InChI=1S/C15H23NO3/c1-15(2,3)12-7-5-11(6-8-12)14(18)16-9-13(17)10-19-4/h5-8,13,17H,9-10H2,1-4H3,(H,16,18). The molecule has 4 heteroatoms. The minimum atomic E-state index is -0.678. The van der Waals surface area contributed by atoms with E-state index in [2.05, 4.69) is 26.1 Å². The normalized spacial score (nSPS) is 13.1. The predicted molar refractivity (Wildman–Crippen MR) is 75.4 cm³/mol. The molecule has 4 nitrogen and oxygen atoms in total. The van der Waals surface area contributed by atoms with Gasteiger partial charge in [0.15, 0.2) is 0 Å². The molecule has 1 rings (SSSR count). The van der Waals surface area contributed by atoms with Crippen LogP contribution in [0.3, 0.4) is 0 Å². The summed E-state index contributed by atoms with van der Waals surface area (Å²) in [5, 5.41) is 12.1. The van der Waals surface area contributed by atoms with Crippen LogP contribution in [0.2, 0.25) is 0 Å². The number of aliphatic hydroxyl groups is 1. The van der Waals surface area contributed by atoms with Gasteiger partial charge in [-0.25, -0.2) is 0 Å². The Morgan fingerprint density at radius 2 is 1.89 bits per heavy atom. The monoisotopic (exact) mass is 265 g/mol. The number of amides is 1. The fourth-order valence-corrected chi connectivity index (χ4v) is 1.69. The van der Waals surface area contributed by atoms with Crippen LogP contribution in [0.15, 0.2) is 24.3 Å². The summed E-state index contributed by atoms with van der Waals surface area (Å²) in [6.07, 6.45) is -0.678. The van der Waals surface area contributed by atoms with Crippen molar-refractivity contribution < 1.29 is 14.6 Å². The zero-order valence-electron chi connectivity index (χ0n) is 12.1. The van der Waals surface area contributed by atoms with Crippen molar-refractivity contribution in [3.05, 3.63) is 35.4 Å². The topological polar surface area (TPSA) is 58.6 Å². The summed E-state index contributed by atoms with van der Waals surface area (Å²) in [4.78, 5) is 11.9. The highest BCUT2D eigenvalue weighted by Crippen LogP contribution is 2.22. The van der Waals surface area contributed by atoms with Crippen LogP contribution in [0, 0.1) is 0 Å². The molecule has 0 fully saturated rings. The van der Waals surface area contributed by atoms with Crippen LogP contribution < -0.4 is 5.32 Å². The van der Waals surface area contributed by atoms with E-state index in [-0.39, 0.29) is 24.5 Å². The van der Waals surface area contributed by atoms with E-state index in [1.54, 1.807) is 12.1 Å². The summed E-state index contributed by atoms with van der Waals surface area (Å²) >= 11 is 0. The highest BCUT2D eigenvalue weighted by molar-refractivity contribution is 5.94. The summed E-state index contributed by atoms with van der Waals surface area (Å²) in [6.45, 7) is 6.78. The zero-order valence-corrected chi connectivity index (χ0v) is 12.1. The Balaban J connectivity index is 2.59. The van der Waals surface area contributed by atoms with Crippen molar-refractivity contribution in [3.63, 3.8) is 0 Å². The number of carbonyl (C=O) groups excluding carboxylic acids is 1. The third-order valence-electron chi connectivity index (χ3n) is 2.87. The first-order valence-corrected chi connectivity index (χ1v) is 6.40. The van der Waals surface area contributed by atoms with E-state index < -0.39 is 6.10 Å². The molecule has 0 radical (unpaired) electrons. The number of ether oxygens (including phenoxy) is 1. The molecular formula is C15H23NO3. The van der Waals surface area contributed by atoms with E-state index in [0.29, 0.717) is 5.56 Å². The van der Waals surface area contributed by atoms with Gasteiger partial charge in [0.25, 0.3) is 5.91 Å². The Labute approximate surface area is 114 Å². The fraction of sp³-hybridized carbons (Fsp3) is 0.533. The largest absolute Gasteiger partial charge is 0.389 e. The lowest BCUT2D eigenvalue weighted by molar-refractivity contribution is 0.0610. The lowest BCUT2D eigenvalue weighted by Gasteiger charge is -2.19. The Kier molecular flexibility index (Phi) is 5.51. The van der Waals surface area contributed by atoms with Crippen LogP contribution in [0.4, 0.5) is 0 Å². The van der Waals surface area contributed by atoms with Crippen molar-refractivity contribution in [2.45, 2.75) is 32.3 Å². The molecule has 1 amide bonds. The molecule has 1 aromatic carbocycles. The second kappa shape index (κ2) is 6.68. The van der Waals surface area contributed by atoms with Crippen LogP contribution in [-0.4, -0.2) is 37.4 Å². The number of aliphatic hydroxyl groups excluding tert-OH is 1. The van der Waals surface area contributed by atoms with Crippen molar-refractivity contribution in [1.82, 2.24) is 5.32 Å². The first kappa shape index (κ1) is 15.7. The molecule has 1 atom stereocenters. The number of hydrogen-bond acceptors (Lipinski definition) is 3. The molecule has 19 heavy (non-hydrogen) atoms. The SMILES string of the molecule is COCC(O)CNC(=O)c1ccc(C(C)(C)C)cc1. The van der Waals surface area contributed by atoms with E-state index in [1.165, 1.54) is 12.7 Å². The summed E-state index contributed by atoms with van der Waals surface area (Å²) in [5.74, 6) is -0.185. The van der Waals surface area contributed by atoms with Crippen LogP contribution >= 0.6 is 0 Å².